The predicted molar refractivity (Wildman–Crippen MR) is 81.1 cm³/mol. The van der Waals surface area contributed by atoms with Gasteiger partial charge in [0.15, 0.2) is 5.58 Å². The van der Waals surface area contributed by atoms with Crippen molar-refractivity contribution >= 4 is 51.6 Å². The van der Waals surface area contributed by atoms with Crippen LogP contribution >= 0.6 is 34.8 Å². The fraction of sp³-hybridized carbons (Fsp3) is 0. The second kappa shape index (κ2) is 5.18. The van der Waals surface area contributed by atoms with Crippen molar-refractivity contribution in [3.05, 3.63) is 55.5 Å². The standard InChI is InChI=1S/C13H5Cl3N2O3/c14-6-1-2-8(9(15)3-6)13-17-11-5-7(18(19)20)4-10(16)12(11)21-13/h1-5H. The smallest absolute Gasteiger partial charge is 0.273 e. The molecule has 21 heavy (non-hydrogen) atoms. The van der Waals surface area contributed by atoms with E-state index in [-0.39, 0.29) is 27.7 Å². The number of nitro groups is 1. The molecule has 0 radical (unpaired) electrons. The first-order valence-corrected chi connectivity index (χ1v) is 6.79. The van der Waals surface area contributed by atoms with Crippen LogP contribution in [-0.2, 0) is 0 Å². The van der Waals surface area contributed by atoms with Gasteiger partial charge in [0.2, 0.25) is 5.89 Å². The Labute approximate surface area is 133 Å². The zero-order valence-electron chi connectivity index (χ0n) is 10.1. The van der Waals surface area contributed by atoms with E-state index in [2.05, 4.69) is 4.98 Å². The summed E-state index contributed by atoms with van der Waals surface area (Å²) in [6.45, 7) is 0. The van der Waals surface area contributed by atoms with Crippen LogP contribution in [-0.4, -0.2) is 9.91 Å². The maximum atomic E-state index is 10.8. The maximum Gasteiger partial charge on any atom is 0.273 e. The predicted octanol–water partition coefficient (Wildman–Crippen LogP) is 5.36. The Morgan fingerprint density at radius 2 is 1.86 bits per heavy atom. The molecule has 5 nitrogen and oxygen atoms in total. The van der Waals surface area contributed by atoms with Gasteiger partial charge in [-0.25, -0.2) is 4.98 Å². The number of aromatic nitrogens is 1. The lowest BCUT2D eigenvalue weighted by molar-refractivity contribution is -0.384. The van der Waals surface area contributed by atoms with Gasteiger partial charge in [0.1, 0.15) is 5.52 Å². The Morgan fingerprint density at radius 1 is 1.10 bits per heavy atom. The quantitative estimate of drug-likeness (QED) is 0.464. The van der Waals surface area contributed by atoms with Crippen LogP contribution in [0.3, 0.4) is 0 Å². The fourth-order valence-corrected chi connectivity index (χ4v) is 2.60. The minimum absolute atomic E-state index is 0.114. The number of nitrogens with zero attached hydrogens (tertiary/aromatic N) is 2. The second-order valence-corrected chi connectivity index (χ2v) is 5.43. The molecular weight excluding hydrogens is 339 g/mol. The SMILES string of the molecule is O=[N+]([O-])c1cc(Cl)c2oc(-c3ccc(Cl)cc3Cl)nc2c1. The van der Waals surface area contributed by atoms with Crippen molar-refractivity contribution in [2.45, 2.75) is 0 Å². The summed E-state index contributed by atoms with van der Waals surface area (Å²) in [6.07, 6.45) is 0. The van der Waals surface area contributed by atoms with E-state index in [9.17, 15) is 10.1 Å². The van der Waals surface area contributed by atoms with E-state index in [1.165, 1.54) is 12.1 Å². The minimum atomic E-state index is -0.547. The highest BCUT2D eigenvalue weighted by atomic mass is 35.5. The lowest BCUT2D eigenvalue weighted by Gasteiger charge is -1.99. The summed E-state index contributed by atoms with van der Waals surface area (Å²) in [7, 11) is 0. The average molecular weight is 344 g/mol. The van der Waals surface area contributed by atoms with Gasteiger partial charge < -0.3 is 4.42 Å². The number of fused-ring (bicyclic) bond motifs is 1. The number of benzene rings is 2. The zero-order valence-corrected chi connectivity index (χ0v) is 12.4. The number of halogens is 3. The zero-order chi connectivity index (χ0) is 15.1. The molecular formula is C13H5Cl3N2O3. The van der Waals surface area contributed by atoms with E-state index in [0.29, 0.717) is 15.6 Å². The van der Waals surface area contributed by atoms with Crippen LogP contribution in [0.4, 0.5) is 5.69 Å². The number of hydrogen-bond donors (Lipinski definition) is 0. The van der Waals surface area contributed by atoms with Crippen molar-refractivity contribution in [3.63, 3.8) is 0 Å². The van der Waals surface area contributed by atoms with Crippen LogP contribution in [0.15, 0.2) is 34.7 Å². The molecule has 0 amide bonds. The third-order valence-electron chi connectivity index (χ3n) is 2.80. The van der Waals surface area contributed by atoms with Crippen molar-refractivity contribution in [2.24, 2.45) is 0 Å². The topological polar surface area (TPSA) is 69.2 Å². The molecule has 0 N–H and O–H groups in total. The highest BCUT2D eigenvalue weighted by Crippen LogP contribution is 2.35. The van der Waals surface area contributed by atoms with Crippen LogP contribution in [0, 0.1) is 10.1 Å². The van der Waals surface area contributed by atoms with Gasteiger partial charge in [-0.2, -0.15) is 0 Å². The summed E-state index contributed by atoms with van der Waals surface area (Å²) in [6, 6.07) is 7.34. The summed E-state index contributed by atoms with van der Waals surface area (Å²) in [5, 5.41) is 11.8. The van der Waals surface area contributed by atoms with Gasteiger partial charge in [0.05, 0.1) is 20.5 Å². The summed E-state index contributed by atoms with van der Waals surface area (Å²) in [5.41, 5.74) is 0.920. The molecule has 0 aliphatic carbocycles. The van der Waals surface area contributed by atoms with E-state index in [1.54, 1.807) is 18.2 Å². The average Bonchev–Trinajstić information content (AvgIpc) is 2.82. The van der Waals surface area contributed by atoms with Crippen molar-refractivity contribution in [1.29, 1.82) is 0 Å². The number of non-ortho nitro benzene ring substituents is 1. The van der Waals surface area contributed by atoms with Crippen molar-refractivity contribution < 1.29 is 9.34 Å². The monoisotopic (exact) mass is 342 g/mol. The molecule has 0 saturated heterocycles. The molecule has 8 heteroatoms. The van der Waals surface area contributed by atoms with E-state index in [0.717, 1.165) is 0 Å². The number of hydrogen-bond acceptors (Lipinski definition) is 4. The van der Waals surface area contributed by atoms with Crippen LogP contribution in [0.5, 0.6) is 0 Å². The Hall–Kier alpha value is -1.82. The van der Waals surface area contributed by atoms with Gasteiger partial charge in [0.25, 0.3) is 5.69 Å². The third kappa shape index (κ3) is 2.55. The highest BCUT2D eigenvalue weighted by Gasteiger charge is 2.18. The lowest BCUT2D eigenvalue weighted by Crippen LogP contribution is -1.87. The van der Waals surface area contributed by atoms with Gasteiger partial charge in [0, 0.05) is 17.2 Å². The Morgan fingerprint density at radius 3 is 2.52 bits per heavy atom. The molecule has 0 saturated carbocycles. The first-order chi connectivity index (χ1) is 9.95. The van der Waals surface area contributed by atoms with Crippen molar-refractivity contribution in [2.75, 3.05) is 0 Å². The molecule has 0 bridgehead atoms. The fourth-order valence-electron chi connectivity index (χ4n) is 1.86. The molecule has 3 aromatic rings. The van der Waals surface area contributed by atoms with Crippen LogP contribution in [0.1, 0.15) is 0 Å². The van der Waals surface area contributed by atoms with Crippen LogP contribution < -0.4 is 0 Å². The summed E-state index contributed by atoms with van der Waals surface area (Å²) < 4.78 is 5.55. The Kier molecular flexibility index (Phi) is 3.49. The highest BCUT2D eigenvalue weighted by molar-refractivity contribution is 6.36. The van der Waals surface area contributed by atoms with E-state index in [1.807, 2.05) is 0 Å². The first-order valence-electron chi connectivity index (χ1n) is 5.65. The summed E-state index contributed by atoms with van der Waals surface area (Å²) >= 11 is 17.9. The molecule has 3 rings (SSSR count). The summed E-state index contributed by atoms with van der Waals surface area (Å²) in [4.78, 5) is 14.5. The molecule has 106 valence electrons. The maximum absolute atomic E-state index is 10.8. The second-order valence-electron chi connectivity index (χ2n) is 4.18. The molecule has 0 spiro atoms. The van der Waals surface area contributed by atoms with Gasteiger partial charge >= 0.3 is 0 Å². The van der Waals surface area contributed by atoms with Crippen LogP contribution in [0.25, 0.3) is 22.6 Å². The van der Waals surface area contributed by atoms with Crippen molar-refractivity contribution in [3.8, 4) is 11.5 Å². The molecule has 1 aromatic heterocycles. The Balaban J connectivity index is 2.21. The molecule has 0 atom stereocenters. The van der Waals surface area contributed by atoms with Crippen molar-refractivity contribution in [1.82, 2.24) is 4.98 Å². The van der Waals surface area contributed by atoms with E-state index < -0.39 is 4.92 Å². The van der Waals surface area contributed by atoms with Gasteiger partial charge in [-0.1, -0.05) is 34.8 Å². The van der Waals surface area contributed by atoms with Gasteiger partial charge in [-0.15, -0.1) is 0 Å². The number of nitro benzene ring substituents is 1. The lowest BCUT2D eigenvalue weighted by atomic mass is 10.2. The number of rotatable bonds is 2. The molecule has 0 aliphatic rings. The van der Waals surface area contributed by atoms with Gasteiger partial charge in [-0.3, -0.25) is 10.1 Å². The normalized spacial score (nSPS) is 11.0. The molecule has 0 unspecified atom stereocenters. The first kappa shape index (κ1) is 14.1. The van der Waals surface area contributed by atoms with Crippen LogP contribution in [0.2, 0.25) is 15.1 Å². The summed E-state index contributed by atoms with van der Waals surface area (Å²) in [5.74, 6) is 0.217. The molecule has 0 aliphatic heterocycles. The number of oxazole rings is 1. The van der Waals surface area contributed by atoms with Gasteiger partial charge in [-0.05, 0) is 18.2 Å². The third-order valence-corrected chi connectivity index (χ3v) is 3.63. The van der Waals surface area contributed by atoms with E-state index >= 15 is 0 Å². The Bertz CT molecular complexity index is 876. The molecule has 0 fully saturated rings. The molecule has 2 aromatic carbocycles. The van der Waals surface area contributed by atoms with E-state index in [4.69, 9.17) is 39.2 Å². The molecule has 1 heterocycles. The largest absolute Gasteiger partial charge is 0.434 e. The minimum Gasteiger partial charge on any atom is -0.434 e.